The number of benzene rings is 1. The number of ether oxygens (including phenoxy) is 1. The van der Waals surface area contributed by atoms with E-state index in [1.54, 1.807) is 13.0 Å². The quantitative estimate of drug-likeness (QED) is 0.543. The number of carbonyl (C=O) groups is 1. The summed E-state index contributed by atoms with van der Waals surface area (Å²) in [6.07, 6.45) is -5.28. The van der Waals surface area contributed by atoms with Crippen molar-refractivity contribution in [2.45, 2.75) is 39.0 Å². The molecule has 4 rings (SSSR count). The SMILES string of the molecule is Cc1ccc(NC(=O)N2CCC(CC(F)(F)F)C2)cc1-c1cc(N(C)C[C@@H](C)O)nc(N2CCOCC2)c1. The molecule has 208 valence electrons. The number of hydrogen-bond donors (Lipinski definition) is 2. The van der Waals surface area contributed by atoms with Crippen LogP contribution in [-0.4, -0.2) is 86.3 Å². The number of likely N-dealkylation sites (tertiary alicyclic amines) is 1. The van der Waals surface area contributed by atoms with Crippen molar-refractivity contribution < 1.29 is 27.8 Å². The minimum atomic E-state index is -4.23. The van der Waals surface area contributed by atoms with Gasteiger partial charge in [0.1, 0.15) is 11.6 Å². The van der Waals surface area contributed by atoms with Gasteiger partial charge in [-0.25, -0.2) is 9.78 Å². The van der Waals surface area contributed by atoms with E-state index in [0.29, 0.717) is 44.2 Å². The van der Waals surface area contributed by atoms with E-state index in [4.69, 9.17) is 9.72 Å². The lowest BCUT2D eigenvalue weighted by molar-refractivity contribution is -0.143. The number of amides is 2. The van der Waals surface area contributed by atoms with E-state index in [1.165, 1.54) is 4.90 Å². The molecule has 8 nitrogen and oxygen atoms in total. The van der Waals surface area contributed by atoms with Crippen LogP contribution in [0.1, 0.15) is 25.3 Å². The Bertz CT molecular complexity index is 1120. The number of rotatable bonds is 7. The maximum absolute atomic E-state index is 12.8. The van der Waals surface area contributed by atoms with E-state index in [-0.39, 0.29) is 6.54 Å². The number of hydrogen-bond acceptors (Lipinski definition) is 6. The Labute approximate surface area is 221 Å². The molecule has 2 aliphatic heterocycles. The fourth-order valence-corrected chi connectivity index (χ4v) is 5.02. The number of halogens is 3. The number of aliphatic hydroxyl groups excluding tert-OH is 1. The van der Waals surface area contributed by atoms with Crippen molar-refractivity contribution in [3.05, 3.63) is 35.9 Å². The number of nitrogens with one attached hydrogen (secondary N) is 1. The lowest BCUT2D eigenvalue weighted by Gasteiger charge is -2.30. The summed E-state index contributed by atoms with van der Waals surface area (Å²) in [5.74, 6) is 0.952. The summed E-state index contributed by atoms with van der Waals surface area (Å²) in [7, 11) is 1.88. The van der Waals surface area contributed by atoms with Crippen LogP contribution in [0.5, 0.6) is 0 Å². The van der Waals surface area contributed by atoms with Gasteiger partial charge in [0.2, 0.25) is 0 Å². The first-order chi connectivity index (χ1) is 18.0. The van der Waals surface area contributed by atoms with Crippen molar-refractivity contribution in [3.8, 4) is 11.1 Å². The summed E-state index contributed by atoms with van der Waals surface area (Å²) >= 11 is 0. The highest BCUT2D eigenvalue weighted by atomic mass is 19.4. The van der Waals surface area contributed by atoms with Crippen LogP contribution in [0.15, 0.2) is 30.3 Å². The fourth-order valence-electron chi connectivity index (χ4n) is 5.02. The Morgan fingerprint density at radius 1 is 1.24 bits per heavy atom. The molecule has 11 heteroatoms. The van der Waals surface area contributed by atoms with E-state index in [0.717, 1.165) is 35.6 Å². The van der Waals surface area contributed by atoms with Crippen molar-refractivity contribution >= 4 is 23.4 Å². The minimum absolute atomic E-state index is 0.0936. The number of aryl methyl sites for hydroxylation is 1. The first-order valence-electron chi connectivity index (χ1n) is 13.0. The zero-order chi connectivity index (χ0) is 27.4. The van der Waals surface area contributed by atoms with Crippen LogP contribution in [0.4, 0.5) is 35.3 Å². The maximum atomic E-state index is 12.8. The predicted molar refractivity (Wildman–Crippen MR) is 142 cm³/mol. The molecule has 2 N–H and O–H groups in total. The van der Waals surface area contributed by atoms with Crippen LogP contribution in [0.3, 0.4) is 0 Å². The molecule has 1 aromatic heterocycles. The molecule has 2 atom stereocenters. The second-order valence-corrected chi connectivity index (χ2v) is 10.3. The Hall–Kier alpha value is -3.05. The van der Waals surface area contributed by atoms with Crippen molar-refractivity contribution in [2.24, 2.45) is 5.92 Å². The predicted octanol–water partition coefficient (Wildman–Crippen LogP) is 4.52. The average molecular weight is 536 g/mol. The third-order valence-corrected chi connectivity index (χ3v) is 6.96. The van der Waals surface area contributed by atoms with Gasteiger partial charge in [-0.2, -0.15) is 13.2 Å². The Morgan fingerprint density at radius 2 is 1.97 bits per heavy atom. The molecule has 2 aromatic rings. The zero-order valence-corrected chi connectivity index (χ0v) is 22.1. The number of aromatic nitrogens is 1. The van der Waals surface area contributed by atoms with Crippen molar-refractivity contribution in [3.63, 3.8) is 0 Å². The molecule has 0 aliphatic carbocycles. The minimum Gasteiger partial charge on any atom is -0.392 e. The Balaban J connectivity index is 1.57. The molecule has 1 aromatic carbocycles. The van der Waals surface area contributed by atoms with Crippen molar-refractivity contribution in [2.75, 3.05) is 68.1 Å². The lowest BCUT2D eigenvalue weighted by atomic mass is 10.00. The van der Waals surface area contributed by atoms with Gasteiger partial charge in [0.05, 0.1) is 19.3 Å². The van der Waals surface area contributed by atoms with Crippen molar-refractivity contribution in [1.82, 2.24) is 9.88 Å². The number of alkyl halides is 3. The third-order valence-electron chi connectivity index (χ3n) is 6.96. The highest BCUT2D eigenvalue weighted by Gasteiger charge is 2.36. The molecule has 2 aliphatic rings. The molecule has 0 spiro atoms. The second kappa shape index (κ2) is 11.8. The molecule has 2 amide bonds. The van der Waals surface area contributed by atoms with Crippen LogP contribution in [0.25, 0.3) is 11.1 Å². The first kappa shape index (κ1) is 28.0. The van der Waals surface area contributed by atoms with E-state index < -0.39 is 30.7 Å². The summed E-state index contributed by atoms with van der Waals surface area (Å²) in [6.45, 7) is 7.19. The molecule has 0 saturated carbocycles. The number of likely N-dealkylation sites (N-methyl/N-ethyl adjacent to an activating group) is 1. The van der Waals surface area contributed by atoms with Crippen LogP contribution >= 0.6 is 0 Å². The monoisotopic (exact) mass is 535 g/mol. The molecular weight excluding hydrogens is 499 g/mol. The number of morpholine rings is 1. The summed E-state index contributed by atoms with van der Waals surface area (Å²) in [5, 5.41) is 12.8. The third kappa shape index (κ3) is 7.28. The average Bonchev–Trinajstić information content (AvgIpc) is 3.32. The Morgan fingerprint density at radius 3 is 2.66 bits per heavy atom. The highest BCUT2D eigenvalue weighted by molar-refractivity contribution is 5.91. The highest BCUT2D eigenvalue weighted by Crippen LogP contribution is 2.33. The largest absolute Gasteiger partial charge is 0.392 e. The van der Waals surface area contributed by atoms with Crippen molar-refractivity contribution in [1.29, 1.82) is 0 Å². The van der Waals surface area contributed by atoms with Gasteiger partial charge >= 0.3 is 12.2 Å². The summed E-state index contributed by atoms with van der Waals surface area (Å²) in [4.78, 5) is 23.2. The van der Waals surface area contributed by atoms with Gasteiger partial charge in [-0.15, -0.1) is 0 Å². The van der Waals surface area contributed by atoms with Gasteiger partial charge in [-0.1, -0.05) is 6.07 Å². The number of aliphatic hydroxyl groups is 1. The number of anilines is 3. The van der Waals surface area contributed by atoms with E-state index in [2.05, 4.69) is 10.2 Å². The summed E-state index contributed by atoms with van der Waals surface area (Å²) < 4.78 is 43.8. The number of pyridine rings is 1. The van der Waals surface area contributed by atoms with E-state index >= 15 is 0 Å². The smallest absolute Gasteiger partial charge is 0.389 e. The van der Waals surface area contributed by atoms with Crippen LogP contribution < -0.4 is 15.1 Å². The van der Waals surface area contributed by atoms with E-state index in [9.17, 15) is 23.1 Å². The second-order valence-electron chi connectivity index (χ2n) is 10.3. The molecule has 0 radical (unpaired) electrons. The molecule has 1 unspecified atom stereocenters. The van der Waals surface area contributed by atoms with Crippen LogP contribution in [0, 0.1) is 12.8 Å². The molecule has 0 bridgehead atoms. The van der Waals surface area contributed by atoms with Gasteiger partial charge < -0.3 is 29.9 Å². The molecular formula is C27H36F3N5O3. The standard InChI is InChI=1S/C27H36F3N5O3/c1-18-4-5-22(31-26(37)35-7-6-20(17-35)15-27(28,29)30)14-23(18)21-12-24(33(3)16-19(2)36)32-25(13-21)34-8-10-38-11-9-34/h4-5,12-14,19-20,36H,6-11,15-17H2,1-3H3,(H,31,37)/t19-,20?/m1/s1. The number of urea groups is 1. The lowest BCUT2D eigenvalue weighted by Crippen LogP contribution is -2.37. The molecule has 3 heterocycles. The van der Waals surface area contributed by atoms with Gasteiger partial charge in [0.15, 0.2) is 0 Å². The fraction of sp³-hybridized carbons (Fsp3) is 0.556. The maximum Gasteiger partial charge on any atom is 0.389 e. The van der Waals surface area contributed by atoms with Gasteiger partial charge in [-0.05, 0) is 67.1 Å². The first-order valence-corrected chi connectivity index (χ1v) is 13.0. The normalized spacial score (nSPS) is 19.0. The topological polar surface area (TPSA) is 81.2 Å². The molecule has 2 fully saturated rings. The summed E-state index contributed by atoms with van der Waals surface area (Å²) in [5.41, 5.74) is 3.38. The van der Waals surface area contributed by atoms with Gasteiger partial charge in [0, 0.05) is 51.9 Å². The van der Waals surface area contributed by atoms with Crippen LogP contribution in [0.2, 0.25) is 0 Å². The number of nitrogens with zero attached hydrogens (tertiary/aromatic N) is 4. The van der Waals surface area contributed by atoms with E-state index in [1.807, 2.05) is 43.1 Å². The zero-order valence-electron chi connectivity index (χ0n) is 22.1. The molecule has 38 heavy (non-hydrogen) atoms. The van der Waals surface area contributed by atoms with Crippen LogP contribution in [-0.2, 0) is 4.74 Å². The summed E-state index contributed by atoms with van der Waals surface area (Å²) in [6, 6.07) is 9.17. The number of carbonyl (C=O) groups excluding carboxylic acids is 1. The van der Waals surface area contributed by atoms with Gasteiger partial charge in [0.25, 0.3) is 0 Å². The molecule has 2 saturated heterocycles. The van der Waals surface area contributed by atoms with Gasteiger partial charge in [-0.3, -0.25) is 0 Å². The Kier molecular flexibility index (Phi) is 8.67.